The molecule has 0 spiro atoms. The van der Waals surface area contributed by atoms with Crippen molar-refractivity contribution >= 4 is 11.5 Å². The first-order valence-corrected chi connectivity index (χ1v) is 4.64. The van der Waals surface area contributed by atoms with Crippen LogP contribution in [0.1, 0.15) is 0 Å². The standard InChI is InChI=1S/C9H12N6/c10-8-6-13-15(7-8)5-4-11-9-2-1-3-12-14-9/h1-3,6-7H,4-5,10H2,(H,11,14). The summed E-state index contributed by atoms with van der Waals surface area (Å²) in [5.41, 5.74) is 6.21. The minimum Gasteiger partial charge on any atom is -0.396 e. The molecule has 0 radical (unpaired) electrons. The first-order chi connectivity index (χ1) is 7.34. The molecule has 0 aliphatic heterocycles. The lowest BCUT2D eigenvalue weighted by molar-refractivity contribution is 0.636. The largest absolute Gasteiger partial charge is 0.396 e. The fourth-order valence-electron chi connectivity index (χ4n) is 1.20. The van der Waals surface area contributed by atoms with Gasteiger partial charge < -0.3 is 11.1 Å². The van der Waals surface area contributed by atoms with Crippen molar-refractivity contribution in [2.45, 2.75) is 6.54 Å². The van der Waals surface area contributed by atoms with E-state index in [1.807, 2.05) is 12.1 Å². The van der Waals surface area contributed by atoms with Crippen molar-refractivity contribution in [1.29, 1.82) is 0 Å². The van der Waals surface area contributed by atoms with Crippen molar-refractivity contribution in [3.63, 3.8) is 0 Å². The number of hydrogen-bond donors (Lipinski definition) is 2. The van der Waals surface area contributed by atoms with Gasteiger partial charge in [-0.25, -0.2) is 0 Å². The Morgan fingerprint density at radius 1 is 1.47 bits per heavy atom. The Morgan fingerprint density at radius 2 is 2.40 bits per heavy atom. The van der Waals surface area contributed by atoms with Crippen LogP contribution in [0.15, 0.2) is 30.7 Å². The van der Waals surface area contributed by atoms with Crippen LogP contribution in [0.4, 0.5) is 11.5 Å². The number of nitrogens with one attached hydrogen (secondary N) is 1. The lowest BCUT2D eigenvalue weighted by Crippen LogP contribution is -2.11. The zero-order valence-electron chi connectivity index (χ0n) is 8.17. The molecule has 0 aromatic carbocycles. The third-order valence-corrected chi connectivity index (χ3v) is 1.87. The number of rotatable bonds is 4. The second-order valence-electron chi connectivity index (χ2n) is 3.07. The monoisotopic (exact) mass is 204 g/mol. The summed E-state index contributed by atoms with van der Waals surface area (Å²) in [6.07, 6.45) is 5.06. The predicted molar refractivity (Wildman–Crippen MR) is 57.2 cm³/mol. The van der Waals surface area contributed by atoms with E-state index in [1.165, 1.54) is 0 Å². The van der Waals surface area contributed by atoms with Crippen LogP contribution in [0.5, 0.6) is 0 Å². The number of hydrogen-bond acceptors (Lipinski definition) is 5. The van der Waals surface area contributed by atoms with Crippen molar-refractivity contribution in [2.75, 3.05) is 17.6 Å². The van der Waals surface area contributed by atoms with Gasteiger partial charge in [-0.15, -0.1) is 5.10 Å². The lowest BCUT2D eigenvalue weighted by Gasteiger charge is -2.03. The quantitative estimate of drug-likeness (QED) is 0.751. The molecule has 0 unspecified atom stereocenters. The third-order valence-electron chi connectivity index (χ3n) is 1.87. The average Bonchev–Trinajstić information content (AvgIpc) is 2.66. The molecule has 78 valence electrons. The van der Waals surface area contributed by atoms with Gasteiger partial charge >= 0.3 is 0 Å². The average molecular weight is 204 g/mol. The van der Waals surface area contributed by atoms with Crippen LogP contribution < -0.4 is 11.1 Å². The summed E-state index contributed by atoms with van der Waals surface area (Å²) < 4.78 is 1.78. The summed E-state index contributed by atoms with van der Waals surface area (Å²) in [7, 11) is 0. The summed E-state index contributed by atoms with van der Waals surface area (Å²) in [6.45, 7) is 1.48. The van der Waals surface area contributed by atoms with E-state index in [-0.39, 0.29) is 0 Å². The van der Waals surface area contributed by atoms with Crippen LogP contribution >= 0.6 is 0 Å². The Morgan fingerprint density at radius 3 is 3.07 bits per heavy atom. The maximum absolute atomic E-state index is 5.54. The Balaban J connectivity index is 1.80. The van der Waals surface area contributed by atoms with E-state index >= 15 is 0 Å². The molecule has 3 N–H and O–H groups in total. The van der Waals surface area contributed by atoms with Crippen LogP contribution in [0.25, 0.3) is 0 Å². The maximum atomic E-state index is 5.54. The van der Waals surface area contributed by atoms with Gasteiger partial charge in [0.15, 0.2) is 0 Å². The predicted octanol–water partition coefficient (Wildman–Crippen LogP) is 0.367. The van der Waals surface area contributed by atoms with Gasteiger partial charge in [0.05, 0.1) is 18.4 Å². The molecule has 0 saturated heterocycles. The van der Waals surface area contributed by atoms with Gasteiger partial charge in [0.1, 0.15) is 5.82 Å². The number of anilines is 2. The second kappa shape index (κ2) is 4.41. The highest BCUT2D eigenvalue weighted by Gasteiger charge is 1.95. The Bertz CT molecular complexity index is 410. The minimum atomic E-state index is 0.675. The van der Waals surface area contributed by atoms with Gasteiger partial charge in [0, 0.05) is 18.9 Å². The SMILES string of the molecule is Nc1cnn(CCNc2cccnn2)c1. The van der Waals surface area contributed by atoms with Crippen molar-refractivity contribution < 1.29 is 0 Å². The topological polar surface area (TPSA) is 81.6 Å². The molecule has 6 nitrogen and oxygen atoms in total. The van der Waals surface area contributed by atoms with Crippen molar-refractivity contribution in [3.05, 3.63) is 30.7 Å². The van der Waals surface area contributed by atoms with E-state index in [0.717, 1.165) is 18.9 Å². The molecular formula is C9H12N6. The second-order valence-corrected chi connectivity index (χ2v) is 3.07. The van der Waals surface area contributed by atoms with E-state index in [4.69, 9.17) is 5.73 Å². The molecule has 6 heteroatoms. The van der Waals surface area contributed by atoms with E-state index in [0.29, 0.717) is 5.69 Å². The summed E-state index contributed by atoms with van der Waals surface area (Å²) in [6, 6.07) is 3.70. The van der Waals surface area contributed by atoms with E-state index in [1.54, 1.807) is 23.3 Å². The van der Waals surface area contributed by atoms with E-state index in [2.05, 4.69) is 20.6 Å². The number of nitrogens with zero attached hydrogens (tertiary/aromatic N) is 4. The molecule has 15 heavy (non-hydrogen) atoms. The summed E-state index contributed by atoms with van der Waals surface area (Å²) in [5.74, 6) is 0.762. The molecule has 0 aliphatic carbocycles. The highest BCUT2D eigenvalue weighted by atomic mass is 15.3. The highest BCUT2D eigenvalue weighted by molar-refractivity contribution is 5.32. The zero-order valence-corrected chi connectivity index (χ0v) is 8.17. The molecular weight excluding hydrogens is 192 g/mol. The van der Waals surface area contributed by atoms with Crippen LogP contribution in [-0.2, 0) is 6.54 Å². The molecule has 2 aromatic rings. The number of nitrogens with two attached hydrogens (primary N) is 1. The van der Waals surface area contributed by atoms with Crippen LogP contribution in [0, 0.1) is 0 Å². The smallest absolute Gasteiger partial charge is 0.148 e. The van der Waals surface area contributed by atoms with Crippen molar-refractivity contribution in [2.24, 2.45) is 0 Å². The van der Waals surface area contributed by atoms with Gasteiger partial charge in [-0.05, 0) is 12.1 Å². The normalized spacial score (nSPS) is 10.1. The molecule has 2 aromatic heterocycles. The molecule has 0 saturated carbocycles. The summed E-state index contributed by atoms with van der Waals surface area (Å²) >= 11 is 0. The molecule has 0 aliphatic rings. The summed E-state index contributed by atoms with van der Waals surface area (Å²) in [4.78, 5) is 0. The van der Waals surface area contributed by atoms with Crippen LogP contribution in [0.3, 0.4) is 0 Å². The third kappa shape index (κ3) is 2.67. The van der Waals surface area contributed by atoms with E-state index in [9.17, 15) is 0 Å². The van der Waals surface area contributed by atoms with Crippen molar-refractivity contribution in [1.82, 2.24) is 20.0 Å². The number of nitrogen functional groups attached to an aromatic ring is 1. The molecule has 0 fully saturated rings. The first-order valence-electron chi connectivity index (χ1n) is 4.64. The Kier molecular flexibility index (Phi) is 2.77. The molecule has 0 bridgehead atoms. The molecule has 2 heterocycles. The fraction of sp³-hybridized carbons (Fsp3) is 0.222. The molecule has 0 amide bonds. The van der Waals surface area contributed by atoms with E-state index < -0.39 is 0 Å². The van der Waals surface area contributed by atoms with Gasteiger partial charge in [-0.1, -0.05) is 0 Å². The highest BCUT2D eigenvalue weighted by Crippen LogP contribution is 1.99. The Hall–Kier alpha value is -2.11. The fourth-order valence-corrected chi connectivity index (χ4v) is 1.20. The van der Waals surface area contributed by atoms with Crippen LogP contribution in [-0.4, -0.2) is 26.5 Å². The maximum Gasteiger partial charge on any atom is 0.148 e. The Labute approximate surface area is 87.1 Å². The molecule has 0 atom stereocenters. The van der Waals surface area contributed by atoms with Gasteiger partial charge in [0.25, 0.3) is 0 Å². The van der Waals surface area contributed by atoms with Gasteiger partial charge in [0.2, 0.25) is 0 Å². The minimum absolute atomic E-state index is 0.675. The van der Waals surface area contributed by atoms with Crippen LogP contribution in [0.2, 0.25) is 0 Å². The van der Waals surface area contributed by atoms with Crippen molar-refractivity contribution in [3.8, 4) is 0 Å². The van der Waals surface area contributed by atoms with Gasteiger partial charge in [-0.3, -0.25) is 4.68 Å². The number of aromatic nitrogens is 4. The first kappa shape index (κ1) is 9.45. The summed E-state index contributed by atoms with van der Waals surface area (Å²) in [5, 5.41) is 14.8. The zero-order chi connectivity index (χ0) is 10.5. The van der Waals surface area contributed by atoms with Gasteiger partial charge in [-0.2, -0.15) is 10.2 Å². The lowest BCUT2D eigenvalue weighted by atomic mass is 10.5. The molecule has 2 rings (SSSR count).